The van der Waals surface area contributed by atoms with E-state index < -0.39 is 0 Å². The molecule has 176 valence electrons. The number of carbonyl (C=O) groups is 2. The van der Waals surface area contributed by atoms with Crippen LogP contribution in [0.4, 0.5) is 0 Å². The minimum absolute atomic E-state index is 0.0103. The Morgan fingerprint density at radius 3 is 1.60 bits per heavy atom. The number of hydrogen-bond acceptors (Lipinski definition) is 3. The van der Waals surface area contributed by atoms with Gasteiger partial charge >= 0.3 is 0 Å². The van der Waals surface area contributed by atoms with E-state index >= 15 is 0 Å². The summed E-state index contributed by atoms with van der Waals surface area (Å²) in [7, 11) is 1.00. The Labute approximate surface area is 187 Å². The first kappa shape index (κ1) is 33.0. The molecule has 0 unspecified atom stereocenters. The fourth-order valence-corrected chi connectivity index (χ4v) is 2.97. The van der Waals surface area contributed by atoms with Crippen molar-refractivity contribution in [2.45, 2.75) is 116 Å². The maximum atomic E-state index is 11.3. The van der Waals surface area contributed by atoms with Gasteiger partial charge in [0.25, 0.3) is 0 Å². The average Bonchev–Trinajstić information content (AvgIpc) is 2.79. The smallest absolute Gasteiger partial charge is 0.220 e. The van der Waals surface area contributed by atoms with Gasteiger partial charge in [0.1, 0.15) is 6.29 Å². The van der Waals surface area contributed by atoms with Crippen LogP contribution in [0.15, 0.2) is 13.2 Å². The first-order valence-electron chi connectivity index (χ1n) is 11.9. The second kappa shape index (κ2) is 34.9. The van der Waals surface area contributed by atoms with Crippen molar-refractivity contribution >= 4 is 12.2 Å². The number of rotatable bonds is 18. The lowest BCUT2D eigenvalue weighted by atomic mass is 10.1. The van der Waals surface area contributed by atoms with Gasteiger partial charge in [0.15, 0.2) is 0 Å². The number of hydrogen-bond donors (Lipinski definition) is 2. The topological polar surface area (TPSA) is 66.4 Å². The lowest BCUT2D eigenvalue weighted by molar-refractivity contribution is -0.122. The van der Waals surface area contributed by atoms with Crippen LogP contribution >= 0.6 is 0 Å². The summed E-state index contributed by atoms with van der Waals surface area (Å²) in [6.45, 7) is 8.40. The minimum Gasteiger partial charge on any atom is -0.400 e. The van der Waals surface area contributed by atoms with Gasteiger partial charge in [-0.3, -0.25) is 4.79 Å². The van der Waals surface area contributed by atoms with E-state index in [-0.39, 0.29) is 12.5 Å². The van der Waals surface area contributed by atoms with E-state index in [2.05, 4.69) is 37.2 Å². The molecule has 1 amide bonds. The standard InChI is InChI=1S/C23H41NO2.C2H4.CH4O/c1-2-3-4-5-6-7-8-9-10-11-12-13-14-15-16-17-18-19-20-23(26)24-21-22-25;2*1-2/h22H,2-10,13-21H2,1H3,(H,24,26);1-2H2;2H,1H3. The third kappa shape index (κ3) is 33.9. The summed E-state index contributed by atoms with van der Waals surface area (Å²) in [5.41, 5.74) is 0. The van der Waals surface area contributed by atoms with Crippen molar-refractivity contribution < 1.29 is 14.7 Å². The largest absolute Gasteiger partial charge is 0.400 e. The van der Waals surface area contributed by atoms with Crippen LogP contribution in [0.1, 0.15) is 116 Å². The third-order valence-electron chi connectivity index (χ3n) is 4.62. The molecule has 0 bridgehead atoms. The fraction of sp³-hybridized carbons (Fsp3) is 0.769. The highest BCUT2D eigenvalue weighted by Crippen LogP contribution is 2.10. The Morgan fingerprint density at radius 1 is 0.767 bits per heavy atom. The van der Waals surface area contributed by atoms with E-state index in [0.717, 1.165) is 39.1 Å². The Bertz CT molecular complexity index is 399. The molecule has 2 N–H and O–H groups in total. The monoisotopic (exact) mass is 423 g/mol. The van der Waals surface area contributed by atoms with E-state index in [1.54, 1.807) is 0 Å². The van der Waals surface area contributed by atoms with E-state index in [9.17, 15) is 9.59 Å². The second-order valence-corrected chi connectivity index (χ2v) is 7.17. The van der Waals surface area contributed by atoms with Crippen LogP contribution in [0, 0.1) is 11.8 Å². The van der Waals surface area contributed by atoms with Crippen LogP contribution in [0.3, 0.4) is 0 Å². The Morgan fingerprint density at radius 2 is 1.17 bits per heavy atom. The molecule has 4 nitrogen and oxygen atoms in total. The van der Waals surface area contributed by atoms with Gasteiger partial charge in [0.05, 0.1) is 6.54 Å². The molecule has 0 heterocycles. The quantitative estimate of drug-likeness (QED) is 0.116. The maximum Gasteiger partial charge on any atom is 0.220 e. The summed E-state index contributed by atoms with van der Waals surface area (Å²) in [5, 5.41) is 9.57. The Balaban J connectivity index is -0.00000171. The van der Waals surface area contributed by atoms with Crippen molar-refractivity contribution in [3.8, 4) is 11.8 Å². The molecule has 0 aromatic heterocycles. The third-order valence-corrected chi connectivity index (χ3v) is 4.62. The van der Waals surface area contributed by atoms with Crippen LogP contribution < -0.4 is 5.32 Å². The van der Waals surface area contributed by atoms with Crippen LogP contribution in [-0.2, 0) is 9.59 Å². The van der Waals surface area contributed by atoms with Crippen molar-refractivity contribution in [3.63, 3.8) is 0 Å². The Kier molecular flexibility index (Phi) is 38.4. The predicted molar refractivity (Wildman–Crippen MR) is 130 cm³/mol. The SMILES string of the molecule is C=C.CCCCCCCCCCC#CCCCCCCCCC(=O)NCC=O.CO. The normalized spacial score (nSPS) is 9.17. The molecule has 0 aliphatic heterocycles. The van der Waals surface area contributed by atoms with Crippen LogP contribution in [-0.4, -0.2) is 31.0 Å². The molecule has 0 saturated heterocycles. The Hall–Kier alpha value is -1.60. The summed E-state index contributed by atoms with van der Waals surface area (Å²) in [6.07, 6.45) is 21.2. The average molecular weight is 424 g/mol. The van der Waals surface area contributed by atoms with Crippen molar-refractivity contribution in [2.75, 3.05) is 13.7 Å². The van der Waals surface area contributed by atoms with Crippen LogP contribution in [0.25, 0.3) is 0 Å². The van der Waals surface area contributed by atoms with Crippen molar-refractivity contribution in [1.82, 2.24) is 5.32 Å². The van der Waals surface area contributed by atoms with E-state index in [1.165, 1.54) is 77.0 Å². The molecule has 4 heteroatoms. The molecule has 0 aromatic carbocycles. The van der Waals surface area contributed by atoms with Gasteiger partial charge in [-0.1, -0.05) is 77.6 Å². The van der Waals surface area contributed by atoms with E-state index in [4.69, 9.17) is 5.11 Å². The highest BCUT2D eigenvalue weighted by molar-refractivity contribution is 5.78. The number of carbonyl (C=O) groups excluding carboxylic acids is 2. The molecule has 0 rings (SSSR count). The molecule has 0 saturated carbocycles. The second-order valence-electron chi connectivity index (χ2n) is 7.17. The lowest BCUT2D eigenvalue weighted by Gasteiger charge is -2.02. The zero-order valence-electron chi connectivity index (χ0n) is 20.0. The molecule has 0 radical (unpaired) electrons. The van der Waals surface area contributed by atoms with Gasteiger partial charge in [0, 0.05) is 26.4 Å². The number of unbranched alkanes of at least 4 members (excludes halogenated alkanes) is 14. The highest BCUT2D eigenvalue weighted by Gasteiger charge is 1.99. The fourth-order valence-electron chi connectivity index (χ4n) is 2.97. The zero-order chi connectivity index (χ0) is 23.1. The van der Waals surface area contributed by atoms with Gasteiger partial charge in [-0.2, -0.15) is 0 Å². The van der Waals surface area contributed by atoms with Crippen molar-refractivity contribution in [2.24, 2.45) is 0 Å². The van der Waals surface area contributed by atoms with E-state index in [0.29, 0.717) is 6.42 Å². The van der Waals surface area contributed by atoms with Gasteiger partial charge in [-0.15, -0.1) is 25.0 Å². The number of aliphatic hydroxyl groups is 1. The molecular weight excluding hydrogens is 374 g/mol. The highest BCUT2D eigenvalue weighted by atomic mass is 16.2. The summed E-state index contributed by atoms with van der Waals surface area (Å²) in [4.78, 5) is 21.4. The first-order valence-corrected chi connectivity index (χ1v) is 11.9. The van der Waals surface area contributed by atoms with E-state index in [1.807, 2.05) is 0 Å². The lowest BCUT2D eigenvalue weighted by Crippen LogP contribution is -2.24. The summed E-state index contributed by atoms with van der Waals surface area (Å²) in [5.74, 6) is 6.62. The number of aldehydes is 1. The molecule has 30 heavy (non-hydrogen) atoms. The number of nitrogens with one attached hydrogen (secondary N) is 1. The minimum atomic E-state index is -0.0103. The predicted octanol–water partition coefficient (Wildman–Crippen LogP) is 6.37. The molecule has 0 aliphatic carbocycles. The van der Waals surface area contributed by atoms with Crippen LogP contribution in [0.2, 0.25) is 0 Å². The molecular formula is C26H49NO3. The summed E-state index contributed by atoms with van der Waals surface area (Å²) >= 11 is 0. The van der Waals surface area contributed by atoms with Gasteiger partial charge in [-0.05, 0) is 19.3 Å². The summed E-state index contributed by atoms with van der Waals surface area (Å²) in [6, 6.07) is 0. The zero-order valence-corrected chi connectivity index (χ0v) is 20.0. The van der Waals surface area contributed by atoms with Gasteiger partial charge < -0.3 is 15.2 Å². The molecule has 0 spiro atoms. The molecule has 0 fully saturated rings. The first-order chi connectivity index (χ1) is 14.8. The molecule has 0 aromatic rings. The van der Waals surface area contributed by atoms with Crippen LogP contribution in [0.5, 0.6) is 0 Å². The van der Waals surface area contributed by atoms with Crippen molar-refractivity contribution in [3.05, 3.63) is 13.2 Å². The number of aliphatic hydroxyl groups excluding tert-OH is 1. The maximum absolute atomic E-state index is 11.3. The number of amides is 1. The molecule has 0 aliphatic rings. The van der Waals surface area contributed by atoms with Gasteiger partial charge in [0.2, 0.25) is 5.91 Å². The van der Waals surface area contributed by atoms with Crippen molar-refractivity contribution in [1.29, 1.82) is 0 Å². The summed E-state index contributed by atoms with van der Waals surface area (Å²) < 4.78 is 0. The van der Waals surface area contributed by atoms with Gasteiger partial charge in [-0.25, -0.2) is 0 Å². The molecule has 0 atom stereocenters.